The second kappa shape index (κ2) is 8.31. The van der Waals surface area contributed by atoms with Gasteiger partial charge < -0.3 is 19.9 Å². The third-order valence-corrected chi connectivity index (χ3v) is 5.08. The molecule has 3 aromatic rings. The molecule has 1 heterocycles. The Morgan fingerprint density at radius 2 is 1.71 bits per heavy atom. The smallest absolute Gasteiger partial charge is 0.243 e. The zero-order valence-corrected chi connectivity index (χ0v) is 16.1. The van der Waals surface area contributed by atoms with Crippen LogP contribution in [0.3, 0.4) is 0 Å². The molecule has 0 radical (unpaired) electrons. The molecule has 0 atom stereocenters. The van der Waals surface area contributed by atoms with Gasteiger partial charge in [-0.3, -0.25) is 4.79 Å². The summed E-state index contributed by atoms with van der Waals surface area (Å²) >= 11 is 0. The first kappa shape index (κ1) is 18.3. The molecular formula is C23H25N3O2. The molecule has 5 heteroatoms. The van der Waals surface area contributed by atoms with Crippen molar-refractivity contribution < 1.29 is 9.53 Å². The number of anilines is 3. The molecule has 0 bridgehead atoms. The Balaban J connectivity index is 1.36. The lowest BCUT2D eigenvalue weighted by Gasteiger charge is -2.29. The molecule has 0 aliphatic carbocycles. The van der Waals surface area contributed by atoms with E-state index >= 15 is 0 Å². The highest BCUT2D eigenvalue weighted by molar-refractivity contribution is 5.94. The zero-order chi connectivity index (χ0) is 19.3. The van der Waals surface area contributed by atoms with Gasteiger partial charge in [0.25, 0.3) is 0 Å². The minimum Gasteiger partial charge on any atom is -0.378 e. The summed E-state index contributed by atoms with van der Waals surface area (Å²) in [5.41, 5.74) is 3.00. The van der Waals surface area contributed by atoms with Crippen LogP contribution in [0.2, 0.25) is 0 Å². The zero-order valence-electron chi connectivity index (χ0n) is 16.1. The summed E-state index contributed by atoms with van der Waals surface area (Å²) in [4.78, 5) is 16.7. The van der Waals surface area contributed by atoms with E-state index in [1.807, 2.05) is 54.4 Å². The van der Waals surface area contributed by atoms with Crippen molar-refractivity contribution in [2.45, 2.75) is 0 Å². The van der Waals surface area contributed by atoms with Crippen LogP contribution in [0.4, 0.5) is 17.1 Å². The summed E-state index contributed by atoms with van der Waals surface area (Å²) in [6.07, 6.45) is 0. The van der Waals surface area contributed by atoms with Crippen LogP contribution in [0, 0.1) is 0 Å². The monoisotopic (exact) mass is 375 g/mol. The first-order valence-electron chi connectivity index (χ1n) is 9.61. The SMILES string of the molecule is CN(CC(=O)Nc1ccc(N2CCOCC2)cc1)c1ccc2ccccc2c1. The van der Waals surface area contributed by atoms with Crippen molar-refractivity contribution in [3.8, 4) is 0 Å². The van der Waals surface area contributed by atoms with E-state index in [4.69, 9.17) is 4.74 Å². The van der Waals surface area contributed by atoms with E-state index in [-0.39, 0.29) is 5.91 Å². The van der Waals surface area contributed by atoms with Crippen LogP contribution < -0.4 is 15.1 Å². The Bertz CT molecular complexity index is 949. The Hall–Kier alpha value is -3.05. The molecule has 0 saturated carbocycles. The second-order valence-electron chi connectivity index (χ2n) is 7.08. The molecule has 28 heavy (non-hydrogen) atoms. The average Bonchev–Trinajstić information content (AvgIpc) is 2.74. The van der Waals surface area contributed by atoms with Gasteiger partial charge >= 0.3 is 0 Å². The average molecular weight is 375 g/mol. The maximum Gasteiger partial charge on any atom is 0.243 e. The van der Waals surface area contributed by atoms with Gasteiger partial charge in [0.15, 0.2) is 0 Å². The summed E-state index contributed by atoms with van der Waals surface area (Å²) in [6.45, 7) is 3.63. The summed E-state index contributed by atoms with van der Waals surface area (Å²) in [6, 6.07) is 22.5. The lowest BCUT2D eigenvalue weighted by Crippen LogP contribution is -2.36. The number of morpholine rings is 1. The summed E-state index contributed by atoms with van der Waals surface area (Å²) in [5.74, 6) is -0.0326. The molecule has 1 aliphatic rings. The number of amides is 1. The standard InChI is InChI=1S/C23H25N3O2/c1-25(22-9-6-18-4-2-3-5-19(18)16-22)17-23(27)24-20-7-10-21(11-8-20)26-12-14-28-15-13-26/h2-11,16H,12-15,17H2,1H3,(H,24,27). The van der Waals surface area contributed by atoms with E-state index in [0.717, 1.165) is 43.4 Å². The van der Waals surface area contributed by atoms with Crippen molar-refractivity contribution in [3.63, 3.8) is 0 Å². The van der Waals surface area contributed by atoms with E-state index in [1.165, 1.54) is 10.8 Å². The topological polar surface area (TPSA) is 44.8 Å². The Morgan fingerprint density at radius 1 is 1.00 bits per heavy atom. The fourth-order valence-corrected chi connectivity index (χ4v) is 3.50. The lowest BCUT2D eigenvalue weighted by molar-refractivity contribution is -0.114. The van der Waals surface area contributed by atoms with Gasteiger partial charge in [0.05, 0.1) is 19.8 Å². The van der Waals surface area contributed by atoms with Crippen molar-refractivity contribution in [3.05, 3.63) is 66.7 Å². The van der Waals surface area contributed by atoms with Gasteiger partial charge in [-0.2, -0.15) is 0 Å². The van der Waals surface area contributed by atoms with Crippen molar-refractivity contribution in [1.82, 2.24) is 0 Å². The van der Waals surface area contributed by atoms with E-state index < -0.39 is 0 Å². The Labute approximate surface area is 165 Å². The number of hydrogen-bond acceptors (Lipinski definition) is 4. The molecule has 4 rings (SSSR count). The number of benzene rings is 3. The van der Waals surface area contributed by atoms with Gasteiger partial charge in [0.1, 0.15) is 0 Å². The third kappa shape index (κ3) is 4.26. The number of ether oxygens (including phenoxy) is 1. The quantitative estimate of drug-likeness (QED) is 0.738. The van der Waals surface area contributed by atoms with Crippen molar-refractivity contribution in [2.75, 3.05) is 55.0 Å². The van der Waals surface area contributed by atoms with E-state index in [2.05, 4.69) is 34.5 Å². The number of rotatable bonds is 5. The first-order valence-corrected chi connectivity index (χ1v) is 9.61. The number of nitrogens with one attached hydrogen (secondary N) is 1. The Kier molecular flexibility index (Phi) is 5.44. The molecular weight excluding hydrogens is 350 g/mol. The molecule has 144 valence electrons. The fourth-order valence-electron chi connectivity index (χ4n) is 3.50. The van der Waals surface area contributed by atoms with Crippen LogP contribution in [0.15, 0.2) is 66.7 Å². The summed E-state index contributed by atoms with van der Waals surface area (Å²) in [7, 11) is 1.94. The highest BCUT2D eigenvalue weighted by Gasteiger charge is 2.12. The number of hydrogen-bond donors (Lipinski definition) is 1. The number of carbonyl (C=O) groups excluding carboxylic acids is 1. The van der Waals surface area contributed by atoms with E-state index in [0.29, 0.717) is 6.54 Å². The highest BCUT2D eigenvalue weighted by atomic mass is 16.5. The van der Waals surface area contributed by atoms with Crippen LogP contribution >= 0.6 is 0 Å². The van der Waals surface area contributed by atoms with Crippen LogP contribution in [-0.2, 0) is 9.53 Å². The number of likely N-dealkylation sites (N-methyl/N-ethyl adjacent to an activating group) is 1. The fraction of sp³-hybridized carbons (Fsp3) is 0.261. The number of carbonyl (C=O) groups is 1. The van der Waals surface area contributed by atoms with Gasteiger partial charge in [0.2, 0.25) is 5.91 Å². The van der Waals surface area contributed by atoms with Crippen molar-refractivity contribution >= 4 is 33.7 Å². The molecule has 1 N–H and O–H groups in total. The highest BCUT2D eigenvalue weighted by Crippen LogP contribution is 2.22. The maximum absolute atomic E-state index is 12.5. The largest absolute Gasteiger partial charge is 0.378 e. The summed E-state index contributed by atoms with van der Waals surface area (Å²) < 4.78 is 5.39. The molecule has 1 aliphatic heterocycles. The Morgan fingerprint density at radius 3 is 2.46 bits per heavy atom. The predicted octanol–water partition coefficient (Wildman–Crippen LogP) is 3.75. The molecule has 1 saturated heterocycles. The lowest BCUT2D eigenvalue weighted by atomic mass is 10.1. The second-order valence-corrected chi connectivity index (χ2v) is 7.08. The van der Waals surface area contributed by atoms with Crippen LogP contribution in [0.5, 0.6) is 0 Å². The molecule has 3 aromatic carbocycles. The van der Waals surface area contributed by atoms with Gasteiger partial charge in [-0.1, -0.05) is 30.3 Å². The predicted molar refractivity (Wildman–Crippen MR) is 115 cm³/mol. The van der Waals surface area contributed by atoms with Crippen molar-refractivity contribution in [2.24, 2.45) is 0 Å². The molecule has 1 fully saturated rings. The van der Waals surface area contributed by atoms with Crippen LogP contribution in [0.25, 0.3) is 10.8 Å². The normalized spacial score (nSPS) is 14.1. The molecule has 0 unspecified atom stereocenters. The van der Waals surface area contributed by atoms with E-state index in [1.54, 1.807) is 0 Å². The van der Waals surface area contributed by atoms with Gasteiger partial charge in [-0.05, 0) is 47.2 Å². The van der Waals surface area contributed by atoms with Crippen molar-refractivity contribution in [1.29, 1.82) is 0 Å². The molecule has 0 aromatic heterocycles. The molecule has 0 spiro atoms. The van der Waals surface area contributed by atoms with Gasteiger partial charge in [-0.25, -0.2) is 0 Å². The van der Waals surface area contributed by atoms with E-state index in [9.17, 15) is 4.79 Å². The number of nitrogens with zero attached hydrogens (tertiary/aromatic N) is 2. The summed E-state index contributed by atoms with van der Waals surface area (Å²) in [5, 5.41) is 5.36. The molecule has 1 amide bonds. The minimum atomic E-state index is -0.0326. The van der Waals surface area contributed by atoms with Crippen LogP contribution in [0.1, 0.15) is 0 Å². The minimum absolute atomic E-state index is 0.0326. The maximum atomic E-state index is 12.5. The first-order chi connectivity index (χ1) is 13.7. The van der Waals surface area contributed by atoms with Crippen LogP contribution in [-0.4, -0.2) is 45.8 Å². The van der Waals surface area contributed by atoms with Gasteiger partial charge in [-0.15, -0.1) is 0 Å². The van der Waals surface area contributed by atoms with Gasteiger partial charge in [0, 0.05) is 37.2 Å². The number of fused-ring (bicyclic) bond motifs is 1. The third-order valence-electron chi connectivity index (χ3n) is 5.08. The molecule has 5 nitrogen and oxygen atoms in total.